The second kappa shape index (κ2) is 5.17. The van der Waals surface area contributed by atoms with E-state index in [2.05, 4.69) is 11.8 Å². The van der Waals surface area contributed by atoms with Gasteiger partial charge in [-0.05, 0) is 59.5 Å². The largest absolute Gasteiger partial charge is 0.459 e. The van der Waals surface area contributed by atoms with Crippen molar-refractivity contribution in [3.63, 3.8) is 0 Å². The van der Waals surface area contributed by atoms with Crippen molar-refractivity contribution in [3.8, 4) is 0 Å². The van der Waals surface area contributed by atoms with Crippen molar-refractivity contribution in [3.05, 3.63) is 0 Å². The fourth-order valence-corrected chi connectivity index (χ4v) is 1.95. The summed E-state index contributed by atoms with van der Waals surface area (Å²) in [5.41, 5.74) is -0.381. The van der Waals surface area contributed by atoms with Gasteiger partial charge in [0.25, 0.3) is 0 Å². The van der Waals surface area contributed by atoms with Crippen LogP contribution in [0, 0.1) is 5.92 Å². The zero-order valence-electron chi connectivity index (χ0n) is 11.2. The summed E-state index contributed by atoms with van der Waals surface area (Å²) < 4.78 is 5.40. The molecule has 0 saturated carbocycles. The Labute approximate surface area is 99.1 Å². The highest BCUT2D eigenvalue weighted by Gasteiger charge is 2.28. The van der Waals surface area contributed by atoms with Gasteiger partial charge in [0.05, 0.1) is 0 Å². The minimum atomic E-state index is -0.381. The monoisotopic (exact) mass is 227 g/mol. The molecule has 1 heterocycles. The Bertz CT molecular complexity index is 237. The highest BCUT2D eigenvalue weighted by atomic mass is 16.6. The van der Waals surface area contributed by atoms with E-state index in [9.17, 15) is 4.79 Å². The van der Waals surface area contributed by atoms with E-state index in [0.717, 1.165) is 19.0 Å². The van der Waals surface area contributed by atoms with Gasteiger partial charge in [0.2, 0.25) is 0 Å². The molecule has 1 rings (SSSR count). The van der Waals surface area contributed by atoms with E-state index in [4.69, 9.17) is 4.74 Å². The number of esters is 1. The highest BCUT2D eigenvalue weighted by molar-refractivity contribution is 5.75. The maximum absolute atomic E-state index is 11.9. The fourth-order valence-electron chi connectivity index (χ4n) is 1.95. The SMILES string of the molecule is CC1CCN(C(C)C(=O)OC(C)(C)C)CC1. The lowest BCUT2D eigenvalue weighted by Crippen LogP contribution is -2.46. The average Bonchev–Trinajstić information content (AvgIpc) is 2.15. The van der Waals surface area contributed by atoms with Crippen LogP contribution in [-0.2, 0) is 9.53 Å². The van der Waals surface area contributed by atoms with Crippen LogP contribution in [0.3, 0.4) is 0 Å². The molecule has 1 aliphatic rings. The van der Waals surface area contributed by atoms with E-state index in [1.54, 1.807) is 0 Å². The average molecular weight is 227 g/mol. The van der Waals surface area contributed by atoms with Gasteiger partial charge < -0.3 is 4.74 Å². The topological polar surface area (TPSA) is 29.5 Å². The predicted octanol–water partition coefficient (Wildman–Crippen LogP) is 2.45. The molecule has 16 heavy (non-hydrogen) atoms. The number of carbonyl (C=O) groups is 1. The Hall–Kier alpha value is -0.570. The highest BCUT2D eigenvalue weighted by Crippen LogP contribution is 2.19. The molecule has 94 valence electrons. The molecular weight excluding hydrogens is 202 g/mol. The molecular formula is C13H25NO2. The Kier molecular flexibility index (Phi) is 4.36. The summed E-state index contributed by atoms with van der Waals surface area (Å²) in [6, 6.07) is -0.105. The second-order valence-corrected chi connectivity index (χ2v) is 5.93. The molecule has 0 amide bonds. The third kappa shape index (κ3) is 4.12. The van der Waals surface area contributed by atoms with Crippen LogP contribution in [0.2, 0.25) is 0 Å². The number of likely N-dealkylation sites (tertiary alicyclic amines) is 1. The van der Waals surface area contributed by atoms with Crippen molar-refractivity contribution in [2.45, 2.75) is 59.1 Å². The predicted molar refractivity (Wildman–Crippen MR) is 65.3 cm³/mol. The molecule has 0 aromatic heterocycles. The van der Waals surface area contributed by atoms with E-state index in [1.165, 1.54) is 12.8 Å². The minimum Gasteiger partial charge on any atom is -0.459 e. The summed E-state index contributed by atoms with van der Waals surface area (Å²) in [6.07, 6.45) is 2.38. The number of nitrogens with zero attached hydrogens (tertiary/aromatic N) is 1. The third-order valence-electron chi connectivity index (χ3n) is 3.11. The summed E-state index contributed by atoms with van der Waals surface area (Å²) >= 11 is 0. The first-order valence-electron chi connectivity index (χ1n) is 6.26. The van der Waals surface area contributed by atoms with Gasteiger partial charge in [-0.1, -0.05) is 6.92 Å². The molecule has 3 nitrogen and oxygen atoms in total. The van der Waals surface area contributed by atoms with Gasteiger partial charge in [-0.2, -0.15) is 0 Å². The zero-order valence-corrected chi connectivity index (χ0v) is 11.2. The normalized spacial score (nSPS) is 21.8. The van der Waals surface area contributed by atoms with Crippen molar-refractivity contribution in [2.24, 2.45) is 5.92 Å². The quantitative estimate of drug-likeness (QED) is 0.679. The number of carbonyl (C=O) groups excluding carboxylic acids is 1. The van der Waals surface area contributed by atoms with Crippen LogP contribution in [0.15, 0.2) is 0 Å². The van der Waals surface area contributed by atoms with Crippen molar-refractivity contribution in [2.75, 3.05) is 13.1 Å². The van der Waals surface area contributed by atoms with Crippen molar-refractivity contribution in [1.82, 2.24) is 4.90 Å². The van der Waals surface area contributed by atoms with Crippen molar-refractivity contribution < 1.29 is 9.53 Å². The summed E-state index contributed by atoms with van der Waals surface area (Å²) in [4.78, 5) is 14.1. The van der Waals surface area contributed by atoms with Gasteiger partial charge in [0.1, 0.15) is 11.6 Å². The van der Waals surface area contributed by atoms with E-state index >= 15 is 0 Å². The molecule has 1 fully saturated rings. The molecule has 1 atom stereocenters. The fraction of sp³-hybridized carbons (Fsp3) is 0.923. The van der Waals surface area contributed by atoms with Gasteiger partial charge in [-0.15, -0.1) is 0 Å². The Balaban J connectivity index is 2.45. The number of hydrogen-bond donors (Lipinski definition) is 0. The minimum absolute atomic E-state index is 0.0953. The lowest BCUT2D eigenvalue weighted by molar-refractivity contribution is -0.161. The van der Waals surface area contributed by atoms with Gasteiger partial charge >= 0.3 is 5.97 Å². The summed E-state index contributed by atoms with van der Waals surface area (Å²) in [6.45, 7) is 12.0. The van der Waals surface area contributed by atoms with E-state index in [0.29, 0.717) is 0 Å². The molecule has 0 spiro atoms. The van der Waals surface area contributed by atoms with Gasteiger partial charge in [-0.3, -0.25) is 9.69 Å². The van der Waals surface area contributed by atoms with Crippen LogP contribution >= 0.6 is 0 Å². The number of hydrogen-bond acceptors (Lipinski definition) is 3. The first-order chi connectivity index (χ1) is 7.29. The standard InChI is InChI=1S/C13H25NO2/c1-10-6-8-14(9-7-10)11(2)12(15)16-13(3,4)5/h10-11H,6-9H2,1-5H3. The van der Waals surface area contributed by atoms with Gasteiger partial charge in [0.15, 0.2) is 0 Å². The number of ether oxygens (including phenoxy) is 1. The molecule has 0 aromatic carbocycles. The lowest BCUT2D eigenvalue weighted by Gasteiger charge is -2.34. The van der Waals surface area contributed by atoms with Crippen LogP contribution in [0.5, 0.6) is 0 Å². The summed E-state index contributed by atoms with van der Waals surface area (Å²) in [5.74, 6) is 0.698. The molecule has 0 radical (unpaired) electrons. The van der Waals surface area contributed by atoms with Crippen LogP contribution in [-0.4, -0.2) is 35.6 Å². The molecule has 3 heteroatoms. The summed E-state index contributed by atoms with van der Waals surface area (Å²) in [5, 5.41) is 0. The maximum Gasteiger partial charge on any atom is 0.323 e. The smallest absolute Gasteiger partial charge is 0.323 e. The summed E-state index contributed by atoms with van der Waals surface area (Å²) in [7, 11) is 0. The van der Waals surface area contributed by atoms with E-state index in [-0.39, 0.29) is 17.6 Å². The van der Waals surface area contributed by atoms with Crippen LogP contribution < -0.4 is 0 Å². The maximum atomic E-state index is 11.9. The van der Waals surface area contributed by atoms with Gasteiger partial charge in [0, 0.05) is 0 Å². The molecule has 0 bridgehead atoms. The van der Waals surface area contributed by atoms with Crippen LogP contribution in [0.25, 0.3) is 0 Å². The Morgan fingerprint density at radius 1 is 1.31 bits per heavy atom. The first-order valence-corrected chi connectivity index (χ1v) is 6.26. The Morgan fingerprint density at radius 3 is 2.25 bits per heavy atom. The van der Waals surface area contributed by atoms with Crippen LogP contribution in [0.1, 0.15) is 47.5 Å². The molecule has 0 aromatic rings. The Morgan fingerprint density at radius 2 is 1.81 bits per heavy atom. The molecule has 1 aliphatic heterocycles. The van der Waals surface area contributed by atoms with Crippen molar-refractivity contribution in [1.29, 1.82) is 0 Å². The van der Waals surface area contributed by atoms with Crippen molar-refractivity contribution >= 4 is 5.97 Å². The molecule has 0 aliphatic carbocycles. The number of rotatable bonds is 2. The third-order valence-corrected chi connectivity index (χ3v) is 3.11. The molecule has 1 saturated heterocycles. The van der Waals surface area contributed by atoms with E-state index in [1.807, 2.05) is 27.7 Å². The van der Waals surface area contributed by atoms with Crippen LogP contribution in [0.4, 0.5) is 0 Å². The van der Waals surface area contributed by atoms with Gasteiger partial charge in [-0.25, -0.2) is 0 Å². The van der Waals surface area contributed by atoms with E-state index < -0.39 is 0 Å². The molecule has 1 unspecified atom stereocenters. The lowest BCUT2D eigenvalue weighted by atomic mass is 9.98. The second-order valence-electron chi connectivity index (χ2n) is 5.93. The number of piperidine rings is 1. The molecule has 0 N–H and O–H groups in total. The first kappa shape index (κ1) is 13.5. The zero-order chi connectivity index (χ0) is 12.3.